The Hall–Kier alpha value is -1.60. The van der Waals surface area contributed by atoms with Gasteiger partial charge in [-0.1, -0.05) is 41.9 Å². The fourth-order valence-electron chi connectivity index (χ4n) is 2.80. The van der Waals surface area contributed by atoms with Crippen molar-refractivity contribution in [3.05, 3.63) is 73.3 Å². The first kappa shape index (κ1) is 19.2. The summed E-state index contributed by atoms with van der Waals surface area (Å²) in [6, 6.07) is 12.6. The number of H-pyrrole nitrogens is 1. The average molecular weight is 453 g/mol. The summed E-state index contributed by atoms with van der Waals surface area (Å²) in [7, 11) is 0. The molecule has 0 spiro atoms. The zero-order valence-corrected chi connectivity index (χ0v) is 17.2. The van der Waals surface area contributed by atoms with Crippen LogP contribution in [0.1, 0.15) is 35.0 Å². The molecule has 0 fully saturated rings. The number of rotatable bonds is 4. The molecule has 2 atom stereocenters. The molecule has 26 heavy (non-hydrogen) atoms. The molecule has 0 radical (unpaired) electrons. The van der Waals surface area contributed by atoms with Gasteiger partial charge in [0, 0.05) is 21.2 Å². The molecule has 134 valence electrons. The molecule has 0 aliphatic carbocycles. The van der Waals surface area contributed by atoms with Crippen LogP contribution in [0.3, 0.4) is 0 Å². The topological polar surface area (TPSA) is 73.0 Å². The molecule has 1 N–H and O–H groups in total. The van der Waals surface area contributed by atoms with E-state index in [0.29, 0.717) is 9.99 Å². The molecule has 0 aliphatic heterocycles. The van der Waals surface area contributed by atoms with Crippen LogP contribution >= 0.6 is 27.5 Å². The van der Waals surface area contributed by atoms with Crippen molar-refractivity contribution in [1.82, 2.24) is 4.98 Å². The highest BCUT2D eigenvalue weighted by atomic mass is 79.9. The van der Waals surface area contributed by atoms with Crippen molar-refractivity contribution in [1.29, 1.82) is 0 Å². The summed E-state index contributed by atoms with van der Waals surface area (Å²) in [6.07, 6.45) is 0. The number of carbonyl (C=O) groups is 1. The average Bonchev–Trinajstić information content (AvgIpc) is 2.63. The summed E-state index contributed by atoms with van der Waals surface area (Å²) >= 11 is 7.92. The second kappa shape index (κ2) is 7.56. The first-order chi connectivity index (χ1) is 12.3. The molecule has 3 rings (SSSR count). The van der Waals surface area contributed by atoms with E-state index in [1.165, 1.54) is 6.92 Å². The van der Waals surface area contributed by atoms with Crippen molar-refractivity contribution in [3.8, 4) is 0 Å². The van der Waals surface area contributed by atoms with Crippen molar-refractivity contribution >= 4 is 55.4 Å². The standard InChI is InChI=1S/C19H15BrClNO3S/c1-10(23)15-18(24)16-14(21)9-8-13(20)17(16)22-19(15)26(25)11(2)12-6-4-3-5-7-12/h3-9,11H,1-2H3,(H,22,24). The van der Waals surface area contributed by atoms with E-state index in [-0.39, 0.29) is 21.0 Å². The number of aromatic amines is 1. The molecule has 7 heteroatoms. The number of carbonyl (C=O) groups excluding carboxylic acids is 1. The van der Waals surface area contributed by atoms with Crippen molar-refractivity contribution in [2.24, 2.45) is 0 Å². The molecule has 0 bridgehead atoms. The first-order valence-electron chi connectivity index (χ1n) is 7.83. The van der Waals surface area contributed by atoms with Crippen molar-refractivity contribution in [3.63, 3.8) is 0 Å². The van der Waals surface area contributed by atoms with E-state index < -0.39 is 27.6 Å². The van der Waals surface area contributed by atoms with Crippen LogP contribution in [0.15, 0.2) is 56.8 Å². The van der Waals surface area contributed by atoms with E-state index in [2.05, 4.69) is 20.9 Å². The molecule has 0 amide bonds. The van der Waals surface area contributed by atoms with Gasteiger partial charge in [-0.15, -0.1) is 0 Å². The number of aromatic nitrogens is 1. The third-order valence-corrected chi connectivity index (χ3v) is 6.77. The summed E-state index contributed by atoms with van der Waals surface area (Å²) in [5, 5.41) is 0.162. The normalized spacial score (nSPS) is 13.6. The Bertz CT molecular complexity index is 1050. The Kier molecular flexibility index (Phi) is 5.58. The van der Waals surface area contributed by atoms with Gasteiger partial charge in [0.05, 0.1) is 15.9 Å². The quantitative estimate of drug-likeness (QED) is 0.446. The predicted octanol–water partition coefficient (Wildman–Crippen LogP) is 5.02. The summed E-state index contributed by atoms with van der Waals surface area (Å²) in [4.78, 5) is 28.2. The SMILES string of the molecule is CC(=O)c1c([S+]([O-])C(C)c2ccccc2)[nH]c2c(Br)ccc(Cl)c2c1=O. The largest absolute Gasteiger partial charge is 0.610 e. The molecule has 2 aromatic carbocycles. The van der Waals surface area contributed by atoms with Crippen LogP contribution in [0.25, 0.3) is 10.9 Å². The smallest absolute Gasteiger partial charge is 0.238 e. The van der Waals surface area contributed by atoms with Crippen LogP contribution in [0.2, 0.25) is 5.02 Å². The zero-order chi connectivity index (χ0) is 19.0. The zero-order valence-electron chi connectivity index (χ0n) is 14.0. The van der Waals surface area contributed by atoms with Gasteiger partial charge in [-0.25, -0.2) is 0 Å². The summed E-state index contributed by atoms with van der Waals surface area (Å²) < 4.78 is 13.8. The molecule has 3 aromatic rings. The lowest BCUT2D eigenvalue weighted by atomic mass is 10.1. The lowest BCUT2D eigenvalue weighted by molar-refractivity contribution is 0.101. The molecule has 2 unspecified atom stereocenters. The van der Waals surface area contributed by atoms with Gasteiger partial charge in [0.25, 0.3) is 0 Å². The van der Waals surface area contributed by atoms with Crippen LogP contribution in [0.5, 0.6) is 0 Å². The number of hydrogen-bond donors (Lipinski definition) is 1. The van der Waals surface area contributed by atoms with Crippen LogP contribution in [-0.4, -0.2) is 15.3 Å². The van der Waals surface area contributed by atoms with Gasteiger partial charge in [-0.05, 0) is 41.9 Å². The summed E-state index contributed by atoms with van der Waals surface area (Å²) in [5.41, 5.74) is 0.655. The van der Waals surface area contributed by atoms with Gasteiger partial charge in [0.15, 0.2) is 5.78 Å². The van der Waals surface area contributed by atoms with Crippen LogP contribution in [0.4, 0.5) is 0 Å². The van der Waals surface area contributed by atoms with E-state index in [1.807, 2.05) is 30.3 Å². The Morgan fingerprint density at radius 3 is 2.50 bits per heavy atom. The Morgan fingerprint density at radius 2 is 1.88 bits per heavy atom. The van der Waals surface area contributed by atoms with E-state index in [4.69, 9.17) is 11.6 Å². The second-order valence-corrected chi connectivity index (χ2v) is 8.82. The highest BCUT2D eigenvalue weighted by Crippen LogP contribution is 2.33. The molecule has 1 heterocycles. The maximum atomic E-state index is 13.2. The minimum atomic E-state index is -1.63. The Balaban J connectivity index is 2.28. The number of ketones is 1. The van der Waals surface area contributed by atoms with E-state index >= 15 is 0 Å². The van der Waals surface area contributed by atoms with Gasteiger partial charge in [-0.3, -0.25) is 9.59 Å². The van der Waals surface area contributed by atoms with E-state index in [9.17, 15) is 14.1 Å². The van der Waals surface area contributed by atoms with Crippen LogP contribution in [-0.2, 0) is 11.2 Å². The van der Waals surface area contributed by atoms with Crippen LogP contribution < -0.4 is 5.43 Å². The molecular weight excluding hydrogens is 438 g/mol. The second-order valence-electron chi connectivity index (χ2n) is 5.84. The van der Waals surface area contributed by atoms with Gasteiger partial charge in [0.1, 0.15) is 10.8 Å². The number of benzene rings is 2. The maximum Gasteiger partial charge on any atom is 0.238 e. The monoisotopic (exact) mass is 451 g/mol. The summed E-state index contributed by atoms with van der Waals surface area (Å²) in [6.45, 7) is 3.08. The van der Waals surface area contributed by atoms with Gasteiger partial charge >= 0.3 is 0 Å². The molecule has 0 saturated heterocycles. The van der Waals surface area contributed by atoms with Crippen molar-refractivity contribution < 1.29 is 9.35 Å². The van der Waals surface area contributed by atoms with Crippen molar-refractivity contribution in [2.45, 2.75) is 24.1 Å². The minimum absolute atomic E-state index is 0.112. The lowest BCUT2D eigenvalue weighted by Gasteiger charge is -2.20. The summed E-state index contributed by atoms with van der Waals surface area (Å²) in [5.74, 6) is -0.451. The number of halogens is 2. The first-order valence-corrected chi connectivity index (χ1v) is 10.2. The Labute approximate surface area is 166 Å². The third kappa shape index (κ3) is 3.34. The highest BCUT2D eigenvalue weighted by molar-refractivity contribution is 9.10. The number of Topliss-reactive ketones (excluding diaryl/α,β-unsaturated/α-hetero) is 1. The number of nitrogens with one attached hydrogen (secondary N) is 1. The van der Waals surface area contributed by atoms with Gasteiger partial charge in [-0.2, -0.15) is 0 Å². The number of hydrogen-bond acceptors (Lipinski definition) is 3. The lowest BCUT2D eigenvalue weighted by Crippen LogP contribution is -2.24. The highest BCUT2D eigenvalue weighted by Gasteiger charge is 2.31. The molecule has 0 aliphatic rings. The number of fused-ring (bicyclic) bond motifs is 1. The van der Waals surface area contributed by atoms with Crippen LogP contribution in [0, 0.1) is 0 Å². The third-order valence-electron chi connectivity index (χ3n) is 4.17. The molecule has 4 nitrogen and oxygen atoms in total. The number of pyridine rings is 1. The predicted molar refractivity (Wildman–Crippen MR) is 109 cm³/mol. The minimum Gasteiger partial charge on any atom is -0.610 e. The fourth-order valence-corrected chi connectivity index (χ4v) is 4.87. The Morgan fingerprint density at radius 1 is 1.23 bits per heavy atom. The van der Waals surface area contributed by atoms with Gasteiger partial charge < -0.3 is 9.54 Å². The fraction of sp³-hybridized carbons (Fsp3) is 0.158. The molecule has 0 saturated carbocycles. The van der Waals surface area contributed by atoms with E-state index in [1.54, 1.807) is 19.1 Å². The van der Waals surface area contributed by atoms with E-state index in [0.717, 1.165) is 5.56 Å². The van der Waals surface area contributed by atoms with Gasteiger partial charge in [0.2, 0.25) is 10.5 Å². The molecule has 1 aromatic heterocycles. The molecular formula is C19H15BrClNO3S. The van der Waals surface area contributed by atoms with Crippen molar-refractivity contribution in [2.75, 3.05) is 0 Å². The maximum absolute atomic E-state index is 13.2.